The Bertz CT molecular complexity index is 1640. The maximum Gasteiger partial charge on any atom is 0.284 e. The molecular weight excluding hydrogens is 520 g/mol. The van der Waals surface area contributed by atoms with E-state index in [1.54, 1.807) is 6.07 Å². The molecule has 0 bridgehead atoms. The highest BCUT2D eigenvalue weighted by Crippen LogP contribution is 2.39. The van der Waals surface area contributed by atoms with Crippen molar-refractivity contribution in [3.05, 3.63) is 76.0 Å². The van der Waals surface area contributed by atoms with E-state index in [4.69, 9.17) is 15.5 Å². The molecule has 1 atom stereocenters. The van der Waals surface area contributed by atoms with Gasteiger partial charge in [-0.25, -0.2) is 13.8 Å². The molecule has 12 heteroatoms. The third-order valence-corrected chi connectivity index (χ3v) is 7.60. The number of aromatic nitrogens is 4. The SMILES string of the molecule is Cc1nc2c(N3CC[C@H](N)C3)c(NC(=O)c3ccnn(-c4c(F)cccc4F)c3=O)ccc2n1C1CCOCC1. The summed E-state index contributed by atoms with van der Waals surface area (Å²) >= 11 is 0. The summed E-state index contributed by atoms with van der Waals surface area (Å²) in [4.78, 5) is 33.6. The molecule has 10 nitrogen and oxygen atoms in total. The molecule has 208 valence electrons. The topological polar surface area (TPSA) is 120 Å². The van der Waals surface area contributed by atoms with Crippen LogP contribution in [0.1, 0.15) is 41.5 Å². The maximum atomic E-state index is 14.4. The summed E-state index contributed by atoms with van der Waals surface area (Å²) in [5.74, 6) is -1.82. The summed E-state index contributed by atoms with van der Waals surface area (Å²) in [7, 11) is 0. The number of nitrogens with zero attached hydrogens (tertiary/aromatic N) is 5. The molecule has 0 unspecified atom stereocenters. The van der Waals surface area contributed by atoms with Crippen molar-refractivity contribution >= 4 is 28.3 Å². The second-order valence-electron chi connectivity index (χ2n) is 10.2. The summed E-state index contributed by atoms with van der Waals surface area (Å²) in [6, 6.07) is 8.38. The van der Waals surface area contributed by atoms with Crippen LogP contribution in [0.5, 0.6) is 0 Å². The third-order valence-electron chi connectivity index (χ3n) is 7.60. The van der Waals surface area contributed by atoms with Gasteiger partial charge in [-0.15, -0.1) is 0 Å². The number of benzene rings is 2. The van der Waals surface area contributed by atoms with Crippen LogP contribution < -0.4 is 21.5 Å². The van der Waals surface area contributed by atoms with E-state index in [0.717, 1.165) is 60.1 Å². The van der Waals surface area contributed by atoms with Crippen molar-refractivity contribution in [3.63, 3.8) is 0 Å². The molecule has 2 aromatic heterocycles. The Hall–Kier alpha value is -4.16. The van der Waals surface area contributed by atoms with Gasteiger partial charge in [0.05, 0.1) is 16.9 Å². The van der Waals surface area contributed by atoms with Crippen LogP contribution in [0.3, 0.4) is 0 Å². The van der Waals surface area contributed by atoms with E-state index in [2.05, 4.69) is 19.9 Å². The molecule has 3 N–H and O–H groups in total. The molecule has 0 aliphatic carbocycles. The molecule has 0 radical (unpaired) electrons. The number of ether oxygens (including phenoxy) is 1. The minimum atomic E-state index is -0.972. The Labute approximate surface area is 228 Å². The maximum absolute atomic E-state index is 14.4. The monoisotopic (exact) mass is 549 g/mol. The van der Waals surface area contributed by atoms with Crippen LogP contribution in [0.15, 0.2) is 47.4 Å². The summed E-state index contributed by atoms with van der Waals surface area (Å²) in [6.07, 6.45) is 3.70. The van der Waals surface area contributed by atoms with Crippen molar-refractivity contribution in [1.29, 1.82) is 0 Å². The van der Waals surface area contributed by atoms with Gasteiger partial charge in [0, 0.05) is 44.6 Å². The average Bonchev–Trinajstić information content (AvgIpc) is 3.51. The first-order chi connectivity index (χ1) is 19.3. The number of hydrogen-bond acceptors (Lipinski definition) is 7. The van der Waals surface area contributed by atoms with Gasteiger partial charge < -0.3 is 25.3 Å². The quantitative estimate of drug-likeness (QED) is 0.392. The second kappa shape index (κ2) is 10.4. The number of carbonyl (C=O) groups is 1. The highest BCUT2D eigenvalue weighted by molar-refractivity contribution is 6.09. The minimum Gasteiger partial charge on any atom is -0.381 e. The van der Waals surface area contributed by atoms with Gasteiger partial charge in [0.2, 0.25) is 0 Å². The number of hydrogen-bond donors (Lipinski definition) is 2. The number of anilines is 2. The van der Waals surface area contributed by atoms with Crippen molar-refractivity contribution in [2.75, 3.05) is 36.5 Å². The van der Waals surface area contributed by atoms with Gasteiger partial charge >= 0.3 is 0 Å². The number of aryl methyl sites for hydroxylation is 1. The minimum absolute atomic E-state index is 0.0273. The summed E-state index contributed by atoms with van der Waals surface area (Å²) in [5, 5.41) is 6.66. The third kappa shape index (κ3) is 4.52. The summed E-state index contributed by atoms with van der Waals surface area (Å²) in [5.41, 5.74) is 7.19. The average molecular weight is 550 g/mol. The molecule has 4 heterocycles. The van der Waals surface area contributed by atoms with E-state index in [0.29, 0.717) is 36.7 Å². The van der Waals surface area contributed by atoms with E-state index in [9.17, 15) is 18.4 Å². The Morgan fingerprint density at radius 2 is 1.82 bits per heavy atom. The van der Waals surface area contributed by atoms with Crippen molar-refractivity contribution in [2.24, 2.45) is 5.73 Å². The predicted octanol–water partition coefficient (Wildman–Crippen LogP) is 3.31. The van der Waals surface area contributed by atoms with Crippen molar-refractivity contribution in [2.45, 2.75) is 38.3 Å². The molecule has 40 heavy (non-hydrogen) atoms. The number of halogens is 2. The van der Waals surface area contributed by atoms with E-state index in [1.165, 1.54) is 12.1 Å². The van der Waals surface area contributed by atoms with Crippen LogP contribution in [0.4, 0.5) is 20.2 Å². The van der Waals surface area contributed by atoms with Crippen LogP contribution in [0, 0.1) is 18.6 Å². The predicted molar refractivity (Wildman–Crippen MR) is 146 cm³/mol. The zero-order valence-corrected chi connectivity index (χ0v) is 21.9. The smallest absolute Gasteiger partial charge is 0.284 e. The number of para-hydroxylation sites is 1. The highest BCUT2D eigenvalue weighted by Gasteiger charge is 2.29. The Kier molecular flexibility index (Phi) is 6.80. The summed E-state index contributed by atoms with van der Waals surface area (Å²) < 4.78 is 37.1. The Balaban J connectivity index is 1.42. The fourth-order valence-electron chi connectivity index (χ4n) is 5.70. The molecule has 6 rings (SSSR count). The zero-order chi connectivity index (χ0) is 28.0. The van der Waals surface area contributed by atoms with Crippen LogP contribution in [0.25, 0.3) is 16.7 Å². The van der Waals surface area contributed by atoms with Gasteiger partial charge in [0.15, 0.2) is 11.6 Å². The fraction of sp³-hybridized carbons (Fsp3) is 0.357. The lowest BCUT2D eigenvalue weighted by Crippen LogP contribution is -2.31. The van der Waals surface area contributed by atoms with E-state index in [1.807, 2.05) is 13.0 Å². The van der Waals surface area contributed by atoms with Gasteiger partial charge in [-0.3, -0.25) is 9.59 Å². The van der Waals surface area contributed by atoms with Gasteiger partial charge in [-0.2, -0.15) is 9.78 Å². The number of fused-ring (bicyclic) bond motifs is 1. The van der Waals surface area contributed by atoms with Crippen LogP contribution in [0.2, 0.25) is 0 Å². The zero-order valence-electron chi connectivity index (χ0n) is 21.9. The first-order valence-corrected chi connectivity index (χ1v) is 13.3. The van der Waals surface area contributed by atoms with E-state index < -0.39 is 28.8 Å². The summed E-state index contributed by atoms with van der Waals surface area (Å²) in [6.45, 7) is 4.60. The highest BCUT2D eigenvalue weighted by atomic mass is 19.1. The number of carbonyl (C=O) groups excluding carboxylic acids is 1. The molecule has 0 saturated carbocycles. The second-order valence-corrected chi connectivity index (χ2v) is 10.2. The molecule has 2 aliphatic rings. The van der Waals surface area contributed by atoms with E-state index >= 15 is 0 Å². The van der Waals surface area contributed by atoms with E-state index in [-0.39, 0.29) is 17.6 Å². The normalized spacial score (nSPS) is 18.0. The largest absolute Gasteiger partial charge is 0.381 e. The van der Waals surface area contributed by atoms with Crippen LogP contribution >= 0.6 is 0 Å². The van der Waals surface area contributed by atoms with Crippen molar-refractivity contribution < 1.29 is 18.3 Å². The number of amides is 1. The Morgan fingerprint density at radius 3 is 2.52 bits per heavy atom. The lowest BCUT2D eigenvalue weighted by molar-refractivity contribution is 0.0701. The first-order valence-electron chi connectivity index (χ1n) is 13.3. The molecule has 2 fully saturated rings. The van der Waals surface area contributed by atoms with Crippen LogP contribution in [-0.2, 0) is 4.74 Å². The molecule has 2 saturated heterocycles. The number of nitrogens with one attached hydrogen (secondary N) is 1. The fourth-order valence-corrected chi connectivity index (χ4v) is 5.70. The van der Waals surface area contributed by atoms with Crippen molar-refractivity contribution in [1.82, 2.24) is 19.3 Å². The standard InChI is InChI=1S/C28H29F2N7O3/c1-16-33-24-23(36(16)18-9-13-40-14-10-18)6-5-22(26(24)35-12-8-17(31)15-35)34-27(38)19-7-11-32-37(28(19)39)25-20(29)3-2-4-21(25)30/h2-7,11,17-18H,8-10,12-15,31H2,1H3,(H,34,38)/t17-/m0/s1. The van der Waals surface area contributed by atoms with Crippen molar-refractivity contribution in [3.8, 4) is 5.69 Å². The lowest BCUT2D eigenvalue weighted by atomic mass is 10.1. The molecule has 2 aromatic carbocycles. The van der Waals surface area contributed by atoms with Gasteiger partial charge in [0.1, 0.15) is 22.6 Å². The molecule has 2 aliphatic heterocycles. The van der Waals surface area contributed by atoms with Gasteiger partial charge in [-0.1, -0.05) is 6.07 Å². The van der Waals surface area contributed by atoms with Crippen LogP contribution in [-0.4, -0.2) is 57.6 Å². The molecular formula is C28H29F2N7O3. The van der Waals surface area contributed by atoms with Gasteiger partial charge in [0.25, 0.3) is 11.5 Å². The van der Waals surface area contributed by atoms with Gasteiger partial charge in [-0.05, 0) is 56.5 Å². The lowest BCUT2D eigenvalue weighted by Gasteiger charge is -2.26. The molecule has 1 amide bonds. The number of imidazole rings is 1. The number of nitrogens with two attached hydrogens (primary N) is 1. The number of rotatable bonds is 5. The first kappa shape index (κ1) is 26.1. The molecule has 0 spiro atoms. The molecule has 4 aromatic rings. The Morgan fingerprint density at radius 1 is 1.07 bits per heavy atom.